The number of anilines is 3. The molecule has 4 aromatic rings. The van der Waals surface area contributed by atoms with Crippen molar-refractivity contribution >= 4 is 40.3 Å². The zero-order valence-electron chi connectivity index (χ0n) is 20.4. The fraction of sp³-hybridized carbons (Fsp3) is 0.172. The summed E-state index contributed by atoms with van der Waals surface area (Å²) >= 11 is 1.57. The van der Waals surface area contributed by atoms with Crippen LogP contribution in [0.25, 0.3) is 10.4 Å². The van der Waals surface area contributed by atoms with Gasteiger partial charge in [0.2, 0.25) is 0 Å². The molecule has 7 nitrogen and oxygen atoms in total. The van der Waals surface area contributed by atoms with Gasteiger partial charge in [0.05, 0.1) is 24.0 Å². The van der Waals surface area contributed by atoms with Gasteiger partial charge in [0.15, 0.2) is 0 Å². The lowest BCUT2D eigenvalue weighted by Gasteiger charge is -2.38. The largest absolute Gasteiger partial charge is 0.495 e. The number of amides is 1. The molecule has 1 aliphatic rings. The number of nitrogens with zero attached hydrogens (tertiary/aromatic N) is 2. The van der Waals surface area contributed by atoms with E-state index in [-0.39, 0.29) is 11.5 Å². The first kappa shape index (κ1) is 24.4. The van der Waals surface area contributed by atoms with Crippen LogP contribution in [0.3, 0.4) is 0 Å². The van der Waals surface area contributed by atoms with Gasteiger partial charge in [-0.3, -0.25) is 4.79 Å². The number of ether oxygens (including phenoxy) is 1. The minimum absolute atomic E-state index is 0.162. The molecule has 0 atom stereocenters. The standard InChI is InChI=1S/C29H27N3O4S/c1-36-26-10-5-4-9-25(26)32-16-14-31(15-17-32)24-13-12-20(19-23(24)29(34)35)30-28(33)22-8-3-2-7-21(22)27-11-6-18-37-27/h2-13,18-19H,14-17H2,1H3,(H,30,33)(H,34,35). The van der Waals surface area contributed by atoms with Crippen molar-refractivity contribution in [3.05, 3.63) is 95.4 Å². The number of rotatable bonds is 7. The van der Waals surface area contributed by atoms with Gasteiger partial charge in [0, 0.05) is 47.9 Å². The molecule has 0 bridgehead atoms. The third kappa shape index (κ3) is 5.15. The lowest BCUT2D eigenvalue weighted by molar-refractivity contribution is 0.0697. The number of carboxylic acids is 1. The number of nitrogens with one attached hydrogen (secondary N) is 1. The van der Waals surface area contributed by atoms with Crippen molar-refractivity contribution in [1.29, 1.82) is 0 Å². The third-order valence-electron chi connectivity index (χ3n) is 6.49. The first-order chi connectivity index (χ1) is 18.0. The van der Waals surface area contributed by atoms with Crippen LogP contribution in [0.4, 0.5) is 17.1 Å². The van der Waals surface area contributed by atoms with E-state index >= 15 is 0 Å². The van der Waals surface area contributed by atoms with E-state index in [0.29, 0.717) is 30.0 Å². The Morgan fingerprint density at radius 2 is 1.54 bits per heavy atom. The Hall–Kier alpha value is -4.30. The monoisotopic (exact) mass is 513 g/mol. The highest BCUT2D eigenvalue weighted by Crippen LogP contribution is 2.32. The van der Waals surface area contributed by atoms with Crippen LogP contribution in [0.2, 0.25) is 0 Å². The van der Waals surface area contributed by atoms with Gasteiger partial charge in [-0.2, -0.15) is 0 Å². The number of carboxylic acid groups (broad SMARTS) is 1. The molecule has 37 heavy (non-hydrogen) atoms. The molecule has 3 aromatic carbocycles. The minimum atomic E-state index is -1.03. The summed E-state index contributed by atoms with van der Waals surface area (Å²) in [6.07, 6.45) is 0. The Kier molecular flexibility index (Phi) is 7.09. The van der Waals surface area contributed by atoms with Crippen molar-refractivity contribution < 1.29 is 19.4 Å². The number of benzene rings is 3. The number of carbonyl (C=O) groups excluding carboxylic acids is 1. The molecule has 1 amide bonds. The van der Waals surface area contributed by atoms with E-state index in [9.17, 15) is 14.7 Å². The van der Waals surface area contributed by atoms with Crippen molar-refractivity contribution in [2.75, 3.05) is 48.4 Å². The number of aromatic carboxylic acids is 1. The molecule has 1 saturated heterocycles. The highest BCUT2D eigenvalue weighted by atomic mass is 32.1. The van der Waals surface area contributed by atoms with Crippen LogP contribution in [-0.4, -0.2) is 50.3 Å². The molecule has 0 aliphatic carbocycles. The van der Waals surface area contributed by atoms with Crippen LogP contribution in [0.15, 0.2) is 84.2 Å². The summed E-state index contributed by atoms with van der Waals surface area (Å²) < 4.78 is 5.50. The summed E-state index contributed by atoms with van der Waals surface area (Å²) in [4.78, 5) is 30.6. The molecule has 8 heteroatoms. The molecule has 2 heterocycles. The highest BCUT2D eigenvalue weighted by molar-refractivity contribution is 7.13. The second-order valence-corrected chi connectivity index (χ2v) is 9.61. The zero-order valence-corrected chi connectivity index (χ0v) is 21.2. The predicted octanol–water partition coefficient (Wildman–Crippen LogP) is 5.70. The number of hydrogen-bond acceptors (Lipinski definition) is 6. The molecule has 2 N–H and O–H groups in total. The molecule has 188 valence electrons. The van der Waals surface area contributed by atoms with Gasteiger partial charge in [0.1, 0.15) is 5.75 Å². The van der Waals surface area contributed by atoms with Crippen molar-refractivity contribution in [2.45, 2.75) is 0 Å². The van der Waals surface area contributed by atoms with Gasteiger partial charge in [-0.05, 0) is 47.8 Å². The van der Waals surface area contributed by atoms with E-state index in [4.69, 9.17) is 4.74 Å². The topological polar surface area (TPSA) is 82.1 Å². The maximum atomic E-state index is 13.1. The fourth-order valence-corrected chi connectivity index (χ4v) is 5.43. The van der Waals surface area contributed by atoms with E-state index in [1.54, 1.807) is 36.6 Å². The second kappa shape index (κ2) is 10.8. The third-order valence-corrected chi connectivity index (χ3v) is 7.39. The lowest BCUT2D eigenvalue weighted by atomic mass is 10.0. The molecule has 5 rings (SSSR count). The molecular formula is C29H27N3O4S. The molecule has 0 radical (unpaired) electrons. The van der Waals surface area contributed by atoms with E-state index in [1.165, 1.54) is 6.07 Å². The van der Waals surface area contributed by atoms with Crippen LogP contribution in [0.1, 0.15) is 20.7 Å². The smallest absolute Gasteiger partial charge is 0.337 e. The Labute approximate surface area is 219 Å². The summed E-state index contributed by atoms with van der Waals surface area (Å²) in [6.45, 7) is 2.80. The van der Waals surface area contributed by atoms with E-state index in [1.807, 2.05) is 60.0 Å². The lowest BCUT2D eigenvalue weighted by Crippen LogP contribution is -2.47. The first-order valence-corrected chi connectivity index (χ1v) is 12.9. The zero-order chi connectivity index (χ0) is 25.8. The predicted molar refractivity (Wildman–Crippen MR) is 149 cm³/mol. The number of piperazine rings is 1. The Bertz CT molecular complexity index is 1410. The van der Waals surface area contributed by atoms with Gasteiger partial charge in [-0.25, -0.2) is 4.79 Å². The van der Waals surface area contributed by atoms with E-state index < -0.39 is 5.97 Å². The Morgan fingerprint density at radius 3 is 2.24 bits per heavy atom. The SMILES string of the molecule is COc1ccccc1N1CCN(c2ccc(NC(=O)c3ccccc3-c3cccs3)cc2C(=O)O)CC1. The van der Waals surface area contributed by atoms with Crippen LogP contribution in [0, 0.1) is 0 Å². The summed E-state index contributed by atoms with van der Waals surface area (Å²) in [7, 11) is 1.66. The Balaban J connectivity index is 1.33. The summed E-state index contributed by atoms with van der Waals surface area (Å²) in [5.41, 5.74) is 3.67. The number of hydrogen-bond donors (Lipinski definition) is 2. The maximum absolute atomic E-state index is 13.1. The van der Waals surface area contributed by atoms with Crippen molar-refractivity contribution in [3.8, 4) is 16.2 Å². The maximum Gasteiger partial charge on any atom is 0.337 e. The molecule has 0 unspecified atom stereocenters. The first-order valence-electron chi connectivity index (χ1n) is 12.0. The highest BCUT2D eigenvalue weighted by Gasteiger charge is 2.24. The van der Waals surface area contributed by atoms with Gasteiger partial charge in [-0.15, -0.1) is 11.3 Å². The molecule has 1 aromatic heterocycles. The second-order valence-electron chi connectivity index (χ2n) is 8.66. The van der Waals surface area contributed by atoms with Crippen LogP contribution >= 0.6 is 11.3 Å². The number of methoxy groups -OCH3 is 1. The number of carbonyl (C=O) groups is 2. The van der Waals surface area contributed by atoms with Gasteiger partial charge < -0.3 is 25.0 Å². The Morgan fingerprint density at radius 1 is 0.838 bits per heavy atom. The van der Waals surface area contributed by atoms with Gasteiger partial charge >= 0.3 is 5.97 Å². The summed E-state index contributed by atoms with van der Waals surface area (Å²) in [5, 5.41) is 14.8. The van der Waals surface area contributed by atoms with Crippen LogP contribution in [0.5, 0.6) is 5.75 Å². The average Bonchev–Trinajstić information content (AvgIpc) is 3.48. The summed E-state index contributed by atoms with van der Waals surface area (Å²) in [5.74, 6) is -0.487. The van der Waals surface area contributed by atoms with E-state index in [0.717, 1.165) is 35.0 Å². The number of thiophene rings is 1. The van der Waals surface area contributed by atoms with Crippen molar-refractivity contribution in [1.82, 2.24) is 0 Å². The van der Waals surface area contributed by atoms with E-state index in [2.05, 4.69) is 15.1 Å². The normalized spacial score (nSPS) is 13.3. The quantitative estimate of drug-likeness (QED) is 0.330. The molecule has 0 spiro atoms. The molecule has 1 aliphatic heterocycles. The number of para-hydroxylation sites is 2. The van der Waals surface area contributed by atoms with Gasteiger partial charge in [0.25, 0.3) is 5.91 Å². The van der Waals surface area contributed by atoms with Crippen molar-refractivity contribution in [2.24, 2.45) is 0 Å². The molecule has 1 fully saturated rings. The van der Waals surface area contributed by atoms with Crippen LogP contribution < -0.4 is 19.9 Å². The molecular weight excluding hydrogens is 486 g/mol. The molecule has 0 saturated carbocycles. The minimum Gasteiger partial charge on any atom is -0.495 e. The van der Waals surface area contributed by atoms with Gasteiger partial charge in [-0.1, -0.05) is 36.4 Å². The average molecular weight is 514 g/mol. The summed E-state index contributed by atoms with van der Waals surface area (Å²) in [6, 6.07) is 24.3. The fourth-order valence-electron chi connectivity index (χ4n) is 4.67. The van der Waals surface area contributed by atoms with Crippen LogP contribution in [-0.2, 0) is 0 Å². The van der Waals surface area contributed by atoms with Crippen molar-refractivity contribution in [3.63, 3.8) is 0 Å².